The lowest BCUT2D eigenvalue weighted by Gasteiger charge is -2.30. The number of carbonyl (C=O) groups is 1. The molecule has 1 N–H and O–H groups in total. The highest BCUT2D eigenvalue weighted by Gasteiger charge is 2.20. The predicted octanol–water partition coefficient (Wildman–Crippen LogP) is 3.43. The number of aromatic amines is 1. The van der Waals surface area contributed by atoms with Crippen LogP contribution in [-0.2, 0) is 4.79 Å². The molecule has 0 unspecified atom stereocenters. The number of thioether (sulfide) groups is 1. The van der Waals surface area contributed by atoms with Gasteiger partial charge in [0.2, 0.25) is 5.91 Å². The highest BCUT2D eigenvalue weighted by molar-refractivity contribution is 7.99. The molecule has 1 aliphatic rings. The SMILES string of the molecule is CC1CCN(C(=O)CSc2ncc(-c3ccccc3)[nH]2)CC1. The predicted molar refractivity (Wildman–Crippen MR) is 89.7 cm³/mol. The molecule has 1 amide bonds. The molecule has 2 heterocycles. The van der Waals surface area contributed by atoms with Crippen molar-refractivity contribution in [1.29, 1.82) is 0 Å². The van der Waals surface area contributed by atoms with Crippen LogP contribution in [0.25, 0.3) is 11.3 Å². The molecule has 0 radical (unpaired) electrons. The molecule has 0 bridgehead atoms. The summed E-state index contributed by atoms with van der Waals surface area (Å²) in [6.07, 6.45) is 4.06. The lowest BCUT2D eigenvalue weighted by atomic mass is 9.99. The highest BCUT2D eigenvalue weighted by Crippen LogP contribution is 2.22. The number of H-pyrrole nitrogens is 1. The van der Waals surface area contributed by atoms with E-state index in [2.05, 4.69) is 16.9 Å². The third kappa shape index (κ3) is 3.71. The Labute approximate surface area is 135 Å². The normalized spacial score (nSPS) is 16.0. The number of imidazole rings is 1. The van der Waals surface area contributed by atoms with E-state index in [9.17, 15) is 4.79 Å². The van der Waals surface area contributed by atoms with E-state index in [1.165, 1.54) is 11.8 Å². The third-order valence-corrected chi connectivity index (χ3v) is 4.98. The summed E-state index contributed by atoms with van der Waals surface area (Å²) in [5, 5.41) is 0.803. The van der Waals surface area contributed by atoms with E-state index in [0.29, 0.717) is 5.75 Å². The Morgan fingerprint density at radius 3 is 2.77 bits per heavy atom. The van der Waals surface area contributed by atoms with Crippen molar-refractivity contribution in [2.75, 3.05) is 18.8 Å². The van der Waals surface area contributed by atoms with Crippen LogP contribution >= 0.6 is 11.8 Å². The van der Waals surface area contributed by atoms with Crippen molar-refractivity contribution < 1.29 is 4.79 Å². The summed E-state index contributed by atoms with van der Waals surface area (Å²) in [4.78, 5) is 21.8. The molecule has 22 heavy (non-hydrogen) atoms. The monoisotopic (exact) mass is 315 g/mol. The van der Waals surface area contributed by atoms with Crippen LogP contribution in [0.5, 0.6) is 0 Å². The number of hydrogen-bond donors (Lipinski definition) is 1. The molecule has 1 aliphatic heterocycles. The Kier molecular flexibility index (Phi) is 4.83. The van der Waals surface area contributed by atoms with Crippen LogP contribution in [0.2, 0.25) is 0 Å². The molecular weight excluding hydrogens is 294 g/mol. The Morgan fingerprint density at radius 2 is 2.05 bits per heavy atom. The average Bonchev–Trinajstić information content (AvgIpc) is 3.03. The molecule has 3 rings (SSSR count). The molecule has 0 aliphatic carbocycles. The summed E-state index contributed by atoms with van der Waals surface area (Å²) in [6, 6.07) is 10.1. The quantitative estimate of drug-likeness (QED) is 0.879. The number of carbonyl (C=O) groups excluding carboxylic acids is 1. The van der Waals surface area contributed by atoms with Gasteiger partial charge < -0.3 is 9.88 Å². The Balaban J connectivity index is 1.54. The van der Waals surface area contributed by atoms with Gasteiger partial charge in [-0.25, -0.2) is 4.98 Å². The van der Waals surface area contributed by atoms with Crippen molar-refractivity contribution in [2.45, 2.75) is 24.9 Å². The minimum Gasteiger partial charge on any atom is -0.342 e. The van der Waals surface area contributed by atoms with E-state index in [1.54, 1.807) is 0 Å². The Bertz CT molecular complexity index is 618. The lowest BCUT2D eigenvalue weighted by Crippen LogP contribution is -2.38. The standard InChI is InChI=1S/C17H21N3OS/c1-13-7-9-20(10-8-13)16(21)12-22-17-18-11-15(19-17)14-5-3-2-4-6-14/h2-6,11,13H,7-10,12H2,1H3,(H,18,19). The van der Waals surface area contributed by atoms with Crippen molar-refractivity contribution in [2.24, 2.45) is 5.92 Å². The summed E-state index contributed by atoms with van der Waals surface area (Å²) < 4.78 is 0. The second-order valence-electron chi connectivity index (χ2n) is 5.82. The molecule has 0 saturated carbocycles. The molecule has 0 atom stereocenters. The number of nitrogens with zero attached hydrogens (tertiary/aromatic N) is 2. The van der Waals surface area contributed by atoms with Crippen molar-refractivity contribution in [3.8, 4) is 11.3 Å². The van der Waals surface area contributed by atoms with Crippen molar-refractivity contribution >= 4 is 17.7 Å². The fourth-order valence-corrected chi connectivity index (χ4v) is 3.37. The van der Waals surface area contributed by atoms with E-state index in [0.717, 1.165) is 48.3 Å². The highest BCUT2D eigenvalue weighted by atomic mass is 32.2. The summed E-state index contributed by atoms with van der Waals surface area (Å²) in [6.45, 7) is 4.05. The number of rotatable bonds is 4. The van der Waals surface area contributed by atoms with E-state index >= 15 is 0 Å². The van der Waals surface area contributed by atoms with Gasteiger partial charge in [-0.05, 0) is 24.3 Å². The minimum atomic E-state index is 0.217. The molecule has 2 aromatic rings. The summed E-state index contributed by atoms with van der Waals surface area (Å²) in [5.41, 5.74) is 2.10. The van der Waals surface area contributed by atoms with Gasteiger partial charge in [0.05, 0.1) is 17.6 Å². The number of aromatic nitrogens is 2. The zero-order chi connectivity index (χ0) is 15.4. The number of benzene rings is 1. The molecule has 0 spiro atoms. The van der Waals surface area contributed by atoms with Gasteiger partial charge in [0.15, 0.2) is 5.16 Å². The summed E-state index contributed by atoms with van der Waals surface area (Å²) >= 11 is 1.48. The van der Waals surface area contributed by atoms with Crippen LogP contribution in [0.3, 0.4) is 0 Å². The van der Waals surface area contributed by atoms with E-state index in [-0.39, 0.29) is 5.91 Å². The van der Waals surface area contributed by atoms with E-state index in [4.69, 9.17) is 0 Å². The van der Waals surface area contributed by atoms with Crippen molar-refractivity contribution in [3.05, 3.63) is 36.5 Å². The first-order chi connectivity index (χ1) is 10.7. The zero-order valence-electron chi connectivity index (χ0n) is 12.8. The minimum absolute atomic E-state index is 0.217. The molecule has 1 fully saturated rings. The Morgan fingerprint density at radius 1 is 1.32 bits per heavy atom. The molecule has 5 heteroatoms. The number of likely N-dealkylation sites (tertiary alicyclic amines) is 1. The van der Waals surface area contributed by atoms with E-state index < -0.39 is 0 Å². The van der Waals surface area contributed by atoms with Gasteiger partial charge >= 0.3 is 0 Å². The number of piperidine rings is 1. The summed E-state index contributed by atoms with van der Waals surface area (Å²) in [5.74, 6) is 1.42. The van der Waals surface area contributed by atoms with Crippen LogP contribution in [0.15, 0.2) is 41.7 Å². The third-order valence-electron chi connectivity index (χ3n) is 4.11. The molecule has 116 valence electrons. The number of hydrogen-bond acceptors (Lipinski definition) is 3. The second-order valence-corrected chi connectivity index (χ2v) is 6.78. The van der Waals surface area contributed by atoms with Crippen LogP contribution in [0.1, 0.15) is 19.8 Å². The lowest BCUT2D eigenvalue weighted by molar-refractivity contribution is -0.129. The molecule has 1 saturated heterocycles. The van der Waals surface area contributed by atoms with Gasteiger partial charge in [0, 0.05) is 13.1 Å². The molecule has 4 nitrogen and oxygen atoms in total. The number of amides is 1. The van der Waals surface area contributed by atoms with Gasteiger partial charge in [0.25, 0.3) is 0 Å². The largest absolute Gasteiger partial charge is 0.342 e. The van der Waals surface area contributed by atoms with Gasteiger partial charge in [-0.1, -0.05) is 49.0 Å². The van der Waals surface area contributed by atoms with Crippen molar-refractivity contribution in [1.82, 2.24) is 14.9 Å². The van der Waals surface area contributed by atoms with E-state index in [1.807, 2.05) is 41.4 Å². The topological polar surface area (TPSA) is 49.0 Å². The zero-order valence-corrected chi connectivity index (χ0v) is 13.6. The summed E-state index contributed by atoms with van der Waals surface area (Å²) in [7, 11) is 0. The van der Waals surface area contributed by atoms with Gasteiger partial charge in [0.1, 0.15) is 0 Å². The smallest absolute Gasteiger partial charge is 0.233 e. The molecule has 1 aromatic heterocycles. The second kappa shape index (κ2) is 7.01. The molecular formula is C17H21N3OS. The maximum atomic E-state index is 12.2. The number of nitrogens with one attached hydrogen (secondary N) is 1. The van der Waals surface area contributed by atoms with Gasteiger partial charge in [-0.2, -0.15) is 0 Å². The first-order valence-corrected chi connectivity index (χ1v) is 8.72. The van der Waals surface area contributed by atoms with Crippen LogP contribution in [-0.4, -0.2) is 39.6 Å². The van der Waals surface area contributed by atoms with Crippen LogP contribution in [0, 0.1) is 5.92 Å². The maximum Gasteiger partial charge on any atom is 0.233 e. The molecule has 1 aromatic carbocycles. The van der Waals surface area contributed by atoms with Crippen LogP contribution < -0.4 is 0 Å². The Hall–Kier alpha value is -1.75. The fourth-order valence-electron chi connectivity index (χ4n) is 2.62. The fraction of sp³-hybridized carbons (Fsp3) is 0.412. The first-order valence-electron chi connectivity index (χ1n) is 7.73. The maximum absolute atomic E-state index is 12.2. The van der Waals surface area contributed by atoms with Gasteiger partial charge in [-0.3, -0.25) is 4.79 Å². The van der Waals surface area contributed by atoms with Gasteiger partial charge in [-0.15, -0.1) is 0 Å². The average molecular weight is 315 g/mol. The van der Waals surface area contributed by atoms with Crippen LogP contribution in [0.4, 0.5) is 0 Å². The van der Waals surface area contributed by atoms with Crippen molar-refractivity contribution in [3.63, 3.8) is 0 Å². The first kappa shape index (κ1) is 15.2.